The Kier molecular flexibility index (Phi) is 6.48. The molecule has 4 fully saturated rings. The van der Waals surface area contributed by atoms with E-state index in [4.69, 9.17) is 9.99 Å². The number of hydrogen-bond acceptors (Lipinski definition) is 6. The van der Waals surface area contributed by atoms with Gasteiger partial charge in [-0.25, -0.2) is 9.99 Å². The van der Waals surface area contributed by atoms with Gasteiger partial charge in [0.2, 0.25) is 0 Å². The lowest BCUT2D eigenvalue weighted by molar-refractivity contribution is -0.461. The molecule has 0 aromatic rings. The Labute approximate surface area is 188 Å². The third-order valence-electron chi connectivity index (χ3n) is 7.96. The summed E-state index contributed by atoms with van der Waals surface area (Å²) in [5.74, 6) is -3.08. The monoisotopic (exact) mass is 516 g/mol. The summed E-state index contributed by atoms with van der Waals surface area (Å²) in [5, 5.41) is 4.82. The summed E-state index contributed by atoms with van der Waals surface area (Å²) in [5.41, 5.74) is 0.388. The molecular formula is C19H24F8O5S. The Bertz CT molecular complexity index is 739. The molecule has 5 unspecified atom stereocenters. The smallest absolute Gasteiger partial charge is 0.381 e. The van der Waals surface area contributed by atoms with Crippen LogP contribution in [0.25, 0.3) is 0 Å². The Balaban J connectivity index is 1.24. The fourth-order valence-corrected chi connectivity index (χ4v) is 7.19. The van der Waals surface area contributed by atoms with E-state index >= 15 is 0 Å². The number of halogens is 8. The lowest BCUT2D eigenvalue weighted by atomic mass is 9.55. The molecule has 1 N–H and O–H groups in total. The van der Waals surface area contributed by atoms with Crippen LogP contribution in [0.3, 0.4) is 0 Å². The molecule has 1 spiro atoms. The van der Waals surface area contributed by atoms with Crippen LogP contribution in [-0.2, 0) is 18.8 Å². The van der Waals surface area contributed by atoms with E-state index in [0.717, 1.165) is 25.2 Å². The van der Waals surface area contributed by atoms with Crippen LogP contribution in [0.1, 0.15) is 51.4 Å². The first kappa shape index (κ1) is 25.7. The topological polar surface area (TPSA) is 57.2 Å². The van der Waals surface area contributed by atoms with Crippen molar-refractivity contribution >= 4 is 12.0 Å². The maximum Gasteiger partial charge on any atom is 0.436 e. The number of hydrogen-bond donors (Lipinski definition) is 1. The molecule has 0 amide bonds. The lowest BCUT2D eigenvalue weighted by Gasteiger charge is -2.49. The van der Waals surface area contributed by atoms with Crippen LogP contribution in [0.4, 0.5) is 35.1 Å². The second kappa shape index (κ2) is 8.32. The van der Waals surface area contributed by atoms with E-state index in [9.17, 15) is 35.1 Å². The van der Waals surface area contributed by atoms with Gasteiger partial charge in [-0.2, -0.15) is 35.1 Å². The van der Waals surface area contributed by atoms with E-state index < -0.39 is 48.3 Å². The summed E-state index contributed by atoms with van der Waals surface area (Å²) in [6.45, 7) is 0.0324. The molecule has 0 aromatic carbocycles. The average Bonchev–Trinajstić information content (AvgIpc) is 3.00. The van der Waals surface area contributed by atoms with Crippen LogP contribution < -0.4 is 0 Å². The first-order chi connectivity index (χ1) is 15.2. The van der Waals surface area contributed by atoms with Crippen molar-refractivity contribution in [2.45, 2.75) is 74.8 Å². The lowest BCUT2D eigenvalue weighted by Crippen LogP contribution is -2.52. The molecule has 0 saturated heterocycles. The summed E-state index contributed by atoms with van der Waals surface area (Å²) >= 11 is -1.59. The van der Waals surface area contributed by atoms with E-state index in [1.54, 1.807) is 0 Å². The highest BCUT2D eigenvalue weighted by atomic mass is 32.2. The second-order valence-corrected chi connectivity index (χ2v) is 10.8. The predicted octanol–water partition coefficient (Wildman–Crippen LogP) is 6.50. The van der Waals surface area contributed by atoms with Crippen LogP contribution in [0.15, 0.2) is 0 Å². The van der Waals surface area contributed by atoms with Gasteiger partial charge in [0.1, 0.15) is 12.0 Å². The Morgan fingerprint density at radius 1 is 0.909 bits per heavy atom. The molecule has 0 aromatic heterocycles. The van der Waals surface area contributed by atoms with Gasteiger partial charge in [-0.3, -0.25) is 0 Å². The molecule has 4 saturated carbocycles. The van der Waals surface area contributed by atoms with Gasteiger partial charge in [-0.15, -0.1) is 4.33 Å². The van der Waals surface area contributed by atoms with Crippen molar-refractivity contribution in [3.8, 4) is 0 Å². The van der Waals surface area contributed by atoms with Gasteiger partial charge < -0.3 is 4.74 Å². The highest BCUT2D eigenvalue weighted by Crippen LogP contribution is 2.78. The molecular weight excluding hydrogens is 492 g/mol. The minimum absolute atomic E-state index is 0.0138. The van der Waals surface area contributed by atoms with E-state index in [1.165, 1.54) is 19.3 Å². The summed E-state index contributed by atoms with van der Waals surface area (Å²) in [7, 11) is 0. The van der Waals surface area contributed by atoms with Crippen LogP contribution >= 0.6 is 12.0 Å². The minimum atomic E-state index is -6.07. The van der Waals surface area contributed by atoms with E-state index in [-0.39, 0.29) is 12.0 Å². The molecule has 3 bridgehead atoms. The standard InChI is InChI=1S/C19H24F8O5S/c20-16(21,17(22,23)30-18(24,25)19(26,27)33-32-31-28)2-1-3-29-10-14-6-11-4-12-5-13(8-14)15(12,7-11)9-14/h11-13,28H,1-10H2. The molecule has 0 aliphatic heterocycles. The molecule has 4 aliphatic carbocycles. The zero-order valence-electron chi connectivity index (χ0n) is 17.3. The summed E-state index contributed by atoms with van der Waals surface area (Å²) in [6.07, 6.45) is -7.45. The summed E-state index contributed by atoms with van der Waals surface area (Å²) < 4.78 is 119. The first-order valence-electron chi connectivity index (χ1n) is 10.6. The third-order valence-corrected chi connectivity index (χ3v) is 8.54. The number of rotatable bonds is 13. The maximum absolute atomic E-state index is 13.9. The second-order valence-electron chi connectivity index (χ2n) is 9.99. The molecule has 5 nitrogen and oxygen atoms in total. The van der Waals surface area contributed by atoms with Gasteiger partial charge in [0.15, 0.2) is 0 Å². The van der Waals surface area contributed by atoms with Crippen molar-refractivity contribution < 1.29 is 59.2 Å². The molecule has 0 radical (unpaired) electrons. The van der Waals surface area contributed by atoms with E-state index in [2.05, 4.69) is 14.1 Å². The van der Waals surface area contributed by atoms with Gasteiger partial charge in [0.25, 0.3) is 0 Å². The first-order valence-corrected chi connectivity index (χ1v) is 11.4. The van der Waals surface area contributed by atoms with Crippen molar-refractivity contribution in [1.29, 1.82) is 0 Å². The van der Waals surface area contributed by atoms with Crippen LogP contribution in [0, 0.1) is 28.6 Å². The van der Waals surface area contributed by atoms with Crippen LogP contribution in [0.2, 0.25) is 0 Å². The number of alkyl halides is 8. The van der Waals surface area contributed by atoms with Crippen molar-refractivity contribution in [2.75, 3.05) is 13.2 Å². The Hall–Kier alpha value is -0.410. The normalized spacial score (nSPS) is 35.7. The summed E-state index contributed by atoms with van der Waals surface area (Å²) in [4.78, 5) is 0. The van der Waals surface area contributed by atoms with Gasteiger partial charge in [0, 0.05) is 13.0 Å². The zero-order chi connectivity index (χ0) is 24.3. The third kappa shape index (κ3) is 4.37. The van der Waals surface area contributed by atoms with Crippen molar-refractivity contribution in [2.24, 2.45) is 28.6 Å². The van der Waals surface area contributed by atoms with Gasteiger partial charge in [-0.05, 0) is 73.5 Å². The van der Waals surface area contributed by atoms with Crippen LogP contribution in [0.5, 0.6) is 0 Å². The fourth-order valence-electron chi connectivity index (χ4n) is 6.94. The van der Waals surface area contributed by atoms with Crippen molar-refractivity contribution in [3.63, 3.8) is 0 Å². The van der Waals surface area contributed by atoms with Gasteiger partial charge in [0.05, 0.1) is 6.61 Å². The molecule has 33 heavy (non-hydrogen) atoms. The van der Waals surface area contributed by atoms with Crippen LogP contribution in [-0.4, -0.2) is 41.9 Å². The van der Waals surface area contributed by atoms with Crippen molar-refractivity contribution in [1.82, 2.24) is 0 Å². The SMILES string of the molecule is OOOSC(F)(F)C(F)(F)OC(F)(F)C(F)(F)CCCOCC12CC3CC4CC(C1)C4(C3)C2. The largest absolute Gasteiger partial charge is 0.436 e. The molecule has 192 valence electrons. The predicted molar refractivity (Wildman–Crippen MR) is 96.4 cm³/mol. The van der Waals surface area contributed by atoms with Gasteiger partial charge >= 0.3 is 23.4 Å². The highest BCUT2D eigenvalue weighted by Gasteiger charge is 2.71. The Morgan fingerprint density at radius 2 is 1.64 bits per heavy atom. The Morgan fingerprint density at radius 3 is 2.33 bits per heavy atom. The van der Waals surface area contributed by atoms with E-state index in [0.29, 0.717) is 23.9 Å². The van der Waals surface area contributed by atoms with E-state index in [1.807, 2.05) is 0 Å². The molecule has 5 atom stereocenters. The van der Waals surface area contributed by atoms with Gasteiger partial charge in [-0.1, -0.05) is 5.04 Å². The maximum atomic E-state index is 13.9. The summed E-state index contributed by atoms with van der Waals surface area (Å²) in [6, 6.07) is 0. The quantitative estimate of drug-likeness (QED) is 0.0992. The molecule has 0 heterocycles. The molecule has 4 aliphatic rings. The molecule has 4 rings (SSSR count). The molecule has 14 heteroatoms. The fraction of sp³-hybridized carbons (Fsp3) is 1.00. The van der Waals surface area contributed by atoms with Crippen molar-refractivity contribution in [3.05, 3.63) is 0 Å². The average molecular weight is 516 g/mol. The number of ether oxygens (including phenoxy) is 2. The minimum Gasteiger partial charge on any atom is -0.381 e. The zero-order valence-corrected chi connectivity index (χ0v) is 18.1. The highest BCUT2D eigenvalue weighted by molar-refractivity contribution is 7.95. The number of fused-ring (bicyclic) bond motifs is 2.